The van der Waals surface area contributed by atoms with Gasteiger partial charge in [0.25, 0.3) is 0 Å². The lowest BCUT2D eigenvalue weighted by Gasteiger charge is -2.20. The van der Waals surface area contributed by atoms with Gasteiger partial charge in [0.05, 0.1) is 17.1 Å². The first-order valence-corrected chi connectivity index (χ1v) is 14.3. The number of ether oxygens (including phenoxy) is 1. The SMILES string of the molecule is CN(Cc1ccc2c(c1)[C@@H](NC(=O)Oc1ccc(-c3ccccc3)cc1F)[C@H](O)C2)c1ccc(-c2ccccc2)s1. The Balaban J connectivity index is 1.13. The van der Waals surface area contributed by atoms with E-state index in [0.717, 1.165) is 27.3 Å². The monoisotopic (exact) mass is 564 g/mol. The normalized spacial score (nSPS) is 15.8. The summed E-state index contributed by atoms with van der Waals surface area (Å²) >= 11 is 1.73. The molecule has 1 amide bonds. The molecule has 5 aromatic rings. The summed E-state index contributed by atoms with van der Waals surface area (Å²) in [5, 5.41) is 14.6. The summed E-state index contributed by atoms with van der Waals surface area (Å²) in [7, 11) is 2.05. The molecule has 206 valence electrons. The van der Waals surface area contributed by atoms with Crippen molar-refractivity contribution in [2.24, 2.45) is 0 Å². The Hall–Kier alpha value is -4.46. The number of nitrogens with one attached hydrogen (secondary N) is 1. The first-order valence-electron chi connectivity index (χ1n) is 13.4. The van der Waals surface area contributed by atoms with Gasteiger partial charge >= 0.3 is 6.09 Å². The number of anilines is 1. The maximum Gasteiger partial charge on any atom is 0.413 e. The van der Waals surface area contributed by atoms with Gasteiger partial charge in [-0.2, -0.15) is 0 Å². The summed E-state index contributed by atoms with van der Waals surface area (Å²) < 4.78 is 20.1. The van der Waals surface area contributed by atoms with Crippen LogP contribution in [-0.2, 0) is 13.0 Å². The molecule has 5 nitrogen and oxygen atoms in total. The maximum atomic E-state index is 14.8. The molecule has 1 aliphatic carbocycles. The number of benzene rings is 4. The minimum atomic E-state index is -0.817. The van der Waals surface area contributed by atoms with Gasteiger partial charge in [-0.1, -0.05) is 84.9 Å². The molecule has 1 aliphatic rings. The van der Waals surface area contributed by atoms with E-state index in [2.05, 4.69) is 40.5 Å². The van der Waals surface area contributed by atoms with Crippen LogP contribution in [0.15, 0.2) is 109 Å². The lowest BCUT2D eigenvalue weighted by Crippen LogP contribution is -2.36. The van der Waals surface area contributed by atoms with Gasteiger partial charge in [0, 0.05) is 24.9 Å². The van der Waals surface area contributed by atoms with E-state index in [1.807, 2.05) is 67.7 Å². The van der Waals surface area contributed by atoms with Crippen LogP contribution in [0.25, 0.3) is 21.6 Å². The van der Waals surface area contributed by atoms with Crippen molar-refractivity contribution in [1.29, 1.82) is 0 Å². The van der Waals surface area contributed by atoms with Gasteiger partial charge in [-0.05, 0) is 57.6 Å². The van der Waals surface area contributed by atoms with E-state index in [0.29, 0.717) is 18.5 Å². The van der Waals surface area contributed by atoms with Crippen LogP contribution in [0, 0.1) is 5.82 Å². The summed E-state index contributed by atoms with van der Waals surface area (Å²) in [5.41, 5.74) is 5.61. The number of rotatable bonds is 7. The Morgan fingerprint density at radius 1 is 0.927 bits per heavy atom. The molecule has 1 heterocycles. The first kappa shape index (κ1) is 26.7. The Morgan fingerprint density at radius 3 is 2.39 bits per heavy atom. The highest BCUT2D eigenvalue weighted by atomic mass is 32.1. The molecular weight excluding hydrogens is 535 g/mol. The van der Waals surface area contributed by atoms with E-state index >= 15 is 0 Å². The van der Waals surface area contributed by atoms with Crippen LogP contribution < -0.4 is 15.0 Å². The topological polar surface area (TPSA) is 61.8 Å². The van der Waals surface area contributed by atoms with Gasteiger partial charge in [0.15, 0.2) is 11.6 Å². The maximum absolute atomic E-state index is 14.8. The number of hydrogen-bond donors (Lipinski definition) is 2. The zero-order chi connectivity index (χ0) is 28.3. The van der Waals surface area contributed by atoms with Crippen molar-refractivity contribution in [3.63, 3.8) is 0 Å². The number of carbonyl (C=O) groups is 1. The van der Waals surface area contributed by atoms with Crippen LogP contribution in [0.3, 0.4) is 0 Å². The van der Waals surface area contributed by atoms with Crippen LogP contribution in [0.4, 0.5) is 14.2 Å². The lowest BCUT2D eigenvalue weighted by atomic mass is 10.0. The predicted octanol–water partition coefficient (Wildman–Crippen LogP) is 7.60. The summed E-state index contributed by atoms with van der Waals surface area (Å²) in [5.74, 6) is -0.806. The van der Waals surface area contributed by atoms with E-state index in [1.54, 1.807) is 17.4 Å². The fraction of sp³-hybridized carbons (Fsp3) is 0.147. The van der Waals surface area contributed by atoms with Crippen molar-refractivity contribution < 1.29 is 19.0 Å². The van der Waals surface area contributed by atoms with Crippen molar-refractivity contribution in [3.8, 4) is 27.3 Å². The number of aliphatic hydroxyl groups is 1. The molecule has 0 saturated heterocycles. The third-order valence-electron chi connectivity index (χ3n) is 7.32. The molecule has 0 spiro atoms. The fourth-order valence-electron chi connectivity index (χ4n) is 5.23. The highest BCUT2D eigenvalue weighted by Gasteiger charge is 2.33. The smallest absolute Gasteiger partial charge is 0.407 e. The standard InChI is InChI=1S/C34H29FN2O3S/c1-37(32-17-16-31(41-32)24-10-6-3-7-11-24)21-22-12-13-26-20-29(38)33(27(26)18-22)36-34(39)40-30-15-14-25(19-28(30)35)23-8-4-2-5-9-23/h2-19,29,33,38H,20-21H2,1H3,(H,36,39)/t29-,33-/m1/s1. The summed E-state index contributed by atoms with van der Waals surface area (Å²) in [6.45, 7) is 0.661. The number of carbonyl (C=O) groups excluding carboxylic acids is 1. The van der Waals surface area contributed by atoms with E-state index in [-0.39, 0.29) is 5.75 Å². The highest BCUT2D eigenvalue weighted by Crippen LogP contribution is 2.36. The van der Waals surface area contributed by atoms with Gasteiger partial charge in [-0.3, -0.25) is 0 Å². The molecule has 6 rings (SSSR count). The van der Waals surface area contributed by atoms with Gasteiger partial charge < -0.3 is 20.1 Å². The van der Waals surface area contributed by atoms with Crippen molar-refractivity contribution in [3.05, 3.63) is 132 Å². The molecule has 4 aromatic carbocycles. The lowest BCUT2D eigenvalue weighted by molar-refractivity contribution is 0.133. The third kappa shape index (κ3) is 5.87. The van der Waals surface area contributed by atoms with Crippen molar-refractivity contribution >= 4 is 22.4 Å². The number of hydrogen-bond acceptors (Lipinski definition) is 5. The van der Waals surface area contributed by atoms with Crippen molar-refractivity contribution in [2.45, 2.75) is 25.1 Å². The molecule has 41 heavy (non-hydrogen) atoms. The summed E-state index contributed by atoms with van der Waals surface area (Å²) in [6.07, 6.45) is -1.20. The number of nitrogens with zero attached hydrogens (tertiary/aromatic N) is 1. The second-order valence-electron chi connectivity index (χ2n) is 10.2. The van der Waals surface area contributed by atoms with E-state index in [4.69, 9.17) is 4.74 Å². The number of fused-ring (bicyclic) bond motifs is 1. The van der Waals surface area contributed by atoms with Gasteiger partial charge in [-0.25, -0.2) is 9.18 Å². The minimum Gasteiger partial charge on any atom is -0.407 e. The van der Waals surface area contributed by atoms with Crippen LogP contribution >= 0.6 is 11.3 Å². The zero-order valence-corrected chi connectivity index (χ0v) is 23.3. The largest absolute Gasteiger partial charge is 0.413 e. The molecule has 0 bridgehead atoms. The van der Waals surface area contributed by atoms with Crippen LogP contribution in [-0.4, -0.2) is 24.4 Å². The molecule has 0 radical (unpaired) electrons. The second-order valence-corrected chi connectivity index (χ2v) is 11.2. The number of halogens is 1. The quantitative estimate of drug-likeness (QED) is 0.214. The second kappa shape index (κ2) is 11.6. The molecule has 0 aliphatic heterocycles. The third-order valence-corrected chi connectivity index (χ3v) is 8.57. The summed E-state index contributed by atoms with van der Waals surface area (Å²) in [4.78, 5) is 16.2. The zero-order valence-electron chi connectivity index (χ0n) is 22.5. The molecule has 0 saturated carbocycles. The average molecular weight is 565 g/mol. The van der Waals surface area contributed by atoms with Gasteiger partial charge in [-0.15, -0.1) is 11.3 Å². The molecule has 2 N–H and O–H groups in total. The molecule has 0 unspecified atom stereocenters. The van der Waals surface area contributed by atoms with Crippen LogP contribution in [0.2, 0.25) is 0 Å². The van der Waals surface area contributed by atoms with Crippen LogP contribution in [0.1, 0.15) is 22.7 Å². The average Bonchev–Trinajstić information content (AvgIpc) is 3.60. The molecule has 1 aromatic heterocycles. The number of aliphatic hydroxyl groups excluding tert-OH is 1. The summed E-state index contributed by atoms with van der Waals surface area (Å²) in [6, 6.07) is 33.9. The van der Waals surface area contributed by atoms with E-state index in [1.165, 1.54) is 22.6 Å². The highest BCUT2D eigenvalue weighted by molar-refractivity contribution is 7.19. The Labute approximate surface area is 242 Å². The van der Waals surface area contributed by atoms with Gasteiger partial charge in [0.1, 0.15) is 0 Å². The first-order chi connectivity index (χ1) is 19.9. The molecular formula is C34H29FN2O3S. The fourth-order valence-corrected chi connectivity index (χ4v) is 6.21. The van der Waals surface area contributed by atoms with E-state index in [9.17, 15) is 14.3 Å². The predicted molar refractivity (Wildman–Crippen MR) is 162 cm³/mol. The van der Waals surface area contributed by atoms with Crippen LogP contribution in [0.5, 0.6) is 5.75 Å². The molecule has 2 atom stereocenters. The Kier molecular flexibility index (Phi) is 7.55. The molecule has 0 fully saturated rings. The van der Waals surface area contributed by atoms with Gasteiger partial charge in [0.2, 0.25) is 0 Å². The number of amides is 1. The van der Waals surface area contributed by atoms with Crippen molar-refractivity contribution in [1.82, 2.24) is 5.32 Å². The number of thiophene rings is 1. The van der Waals surface area contributed by atoms with Crippen molar-refractivity contribution in [2.75, 3.05) is 11.9 Å². The minimum absolute atomic E-state index is 0.170. The molecule has 7 heteroatoms. The van der Waals surface area contributed by atoms with E-state index < -0.39 is 24.1 Å². The Morgan fingerprint density at radius 2 is 1.66 bits per heavy atom. The Bertz CT molecular complexity index is 1670.